The van der Waals surface area contributed by atoms with Crippen molar-refractivity contribution < 1.29 is 14.4 Å². The van der Waals surface area contributed by atoms with Crippen LogP contribution in [0.2, 0.25) is 0 Å². The molecular weight excluding hydrogens is 318 g/mol. The van der Waals surface area contributed by atoms with E-state index in [0.29, 0.717) is 11.7 Å². The Hall–Kier alpha value is -2.24. The van der Waals surface area contributed by atoms with Crippen LogP contribution in [0, 0.1) is 5.92 Å². The minimum Gasteiger partial charge on any atom is -0.481 e. The number of hydrogen-bond donors (Lipinski definition) is 1. The van der Waals surface area contributed by atoms with Crippen LogP contribution in [0.3, 0.4) is 0 Å². The minimum atomic E-state index is -0.824. The fourth-order valence-electron chi connectivity index (χ4n) is 3.67. The van der Waals surface area contributed by atoms with Crippen LogP contribution < -0.4 is 0 Å². The van der Waals surface area contributed by atoms with E-state index in [4.69, 9.17) is 4.52 Å². The van der Waals surface area contributed by atoms with E-state index in [0.717, 1.165) is 24.3 Å². The van der Waals surface area contributed by atoms with Gasteiger partial charge in [0.25, 0.3) is 5.89 Å². The maximum atomic E-state index is 11.2. The summed E-state index contributed by atoms with van der Waals surface area (Å²) in [6, 6.07) is 3.65. The number of nitrogens with zero attached hydrogens (tertiary/aromatic N) is 3. The molecule has 6 nitrogen and oxygen atoms in total. The van der Waals surface area contributed by atoms with Gasteiger partial charge in [-0.25, -0.2) is 0 Å². The fourth-order valence-corrected chi connectivity index (χ4v) is 3.67. The van der Waals surface area contributed by atoms with Crippen molar-refractivity contribution in [2.24, 2.45) is 5.92 Å². The number of pyridine rings is 1. The summed E-state index contributed by atoms with van der Waals surface area (Å²) >= 11 is 0. The predicted octanol–water partition coefficient (Wildman–Crippen LogP) is 4.44. The normalized spacial score (nSPS) is 16.6. The van der Waals surface area contributed by atoms with Crippen LogP contribution in [0.25, 0.3) is 11.5 Å². The molecule has 1 aliphatic rings. The van der Waals surface area contributed by atoms with Crippen molar-refractivity contribution in [3.63, 3.8) is 0 Å². The summed E-state index contributed by atoms with van der Waals surface area (Å²) < 4.78 is 5.32. The molecule has 1 N–H and O–H groups in total. The van der Waals surface area contributed by atoms with Crippen LogP contribution in [0.5, 0.6) is 0 Å². The van der Waals surface area contributed by atoms with Gasteiger partial charge < -0.3 is 9.63 Å². The van der Waals surface area contributed by atoms with Crippen LogP contribution in [0.4, 0.5) is 0 Å². The second kappa shape index (κ2) is 8.74. The molecule has 0 bridgehead atoms. The highest BCUT2D eigenvalue weighted by atomic mass is 16.5. The molecule has 2 aromatic heterocycles. The lowest BCUT2D eigenvalue weighted by molar-refractivity contribution is -0.137. The van der Waals surface area contributed by atoms with Crippen LogP contribution >= 0.6 is 0 Å². The van der Waals surface area contributed by atoms with E-state index in [2.05, 4.69) is 15.1 Å². The summed E-state index contributed by atoms with van der Waals surface area (Å²) in [7, 11) is 0. The zero-order chi connectivity index (χ0) is 17.5. The van der Waals surface area contributed by atoms with E-state index in [9.17, 15) is 9.90 Å². The predicted molar refractivity (Wildman–Crippen MR) is 92.9 cm³/mol. The van der Waals surface area contributed by atoms with Gasteiger partial charge in [-0.15, -0.1) is 0 Å². The number of carboxylic acids is 1. The summed E-state index contributed by atoms with van der Waals surface area (Å²) in [5, 5.41) is 13.3. The van der Waals surface area contributed by atoms with Gasteiger partial charge in [0.1, 0.15) is 0 Å². The van der Waals surface area contributed by atoms with Crippen molar-refractivity contribution in [1.82, 2.24) is 15.1 Å². The number of aromatic nitrogens is 3. The molecule has 0 spiro atoms. The number of carbonyl (C=O) groups is 1. The number of rotatable bonds is 8. The summed E-state index contributed by atoms with van der Waals surface area (Å²) in [5.41, 5.74) is 0.748. The second-order valence-electron chi connectivity index (χ2n) is 6.93. The molecule has 0 aliphatic heterocycles. The smallest absolute Gasteiger partial charge is 0.304 e. The number of hydrogen-bond acceptors (Lipinski definition) is 5. The van der Waals surface area contributed by atoms with Gasteiger partial charge in [-0.05, 0) is 24.5 Å². The first kappa shape index (κ1) is 17.6. The van der Waals surface area contributed by atoms with E-state index in [-0.39, 0.29) is 12.3 Å². The molecule has 1 saturated carbocycles. The molecule has 2 aromatic rings. The number of carboxylic acid groups (broad SMARTS) is 1. The molecule has 1 atom stereocenters. The van der Waals surface area contributed by atoms with Gasteiger partial charge in [-0.3, -0.25) is 9.78 Å². The van der Waals surface area contributed by atoms with E-state index in [1.54, 1.807) is 18.5 Å². The Morgan fingerprint density at radius 3 is 2.88 bits per heavy atom. The highest BCUT2D eigenvalue weighted by molar-refractivity contribution is 5.67. The monoisotopic (exact) mass is 343 g/mol. The Morgan fingerprint density at radius 1 is 1.32 bits per heavy atom. The maximum Gasteiger partial charge on any atom is 0.304 e. The van der Waals surface area contributed by atoms with Crippen molar-refractivity contribution in [3.05, 3.63) is 30.4 Å². The van der Waals surface area contributed by atoms with Crippen LogP contribution in [-0.4, -0.2) is 26.2 Å². The third-order valence-electron chi connectivity index (χ3n) is 5.03. The third-order valence-corrected chi connectivity index (χ3v) is 5.03. The molecule has 1 unspecified atom stereocenters. The summed E-state index contributed by atoms with van der Waals surface area (Å²) in [4.78, 5) is 19.7. The largest absolute Gasteiger partial charge is 0.481 e. The van der Waals surface area contributed by atoms with Crippen LogP contribution in [0.15, 0.2) is 29.0 Å². The highest BCUT2D eigenvalue weighted by Crippen LogP contribution is 2.31. The Kier molecular flexibility index (Phi) is 6.14. The lowest BCUT2D eigenvalue weighted by atomic mass is 9.84. The van der Waals surface area contributed by atoms with Gasteiger partial charge in [0, 0.05) is 18.3 Å². The van der Waals surface area contributed by atoms with Crippen LogP contribution in [0.1, 0.15) is 69.5 Å². The first-order valence-corrected chi connectivity index (χ1v) is 9.18. The lowest BCUT2D eigenvalue weighted by Gasteiger charge is -2.22. The molecule has 0 amide bonds. The first-order chi connectivity index (χ1) is 12.2. The molecule has 6 heteroatoms. The standard InChI is InChI=1S/C19H25N3O3/c23-17(24)12-15(9-4-8-14-6-2-1-3-7-14)18-21-19(25-22-18)16-10-5-11-20-13-16/h5,10-11,13-15H,1-4,6-9,12H2,(H,23,24). The molecule has 0 aromatic carbocycles. The fraction of sp³-hybridized carbons (Fsp3) is 0.579. The van der Waals surface area contributed by atoms with Crippen molar-refractivity contribution in [2.45, 2.75) is 63.7 Å². The quantitative estimate of drug-likeness (QED) is 0.762. The summed E-state index contributed by atoms with van der Waals surface area (Å²) in [6.45, 7) is 0. The minimum absolute atomic E-state index is 0.0384. The van der Waals surface area contributed by atoms with Gasteiger partial charge in [0.15, 0.2) is 5.82 Å². The average molecular weight is 343 g/mol. The highest BCUT2D eigenvalue weighted by Gasteiger charge is 2.23. The second-order valence-corrected chi connectivity index (χ2v) is 6.93. The molecule has 1 aliphatic carbocycles. The van der Waals surface area contributed by atoms with Crippen molar-refractivity contribution in [2.75, 3.05) is 0 Å². The molecule has 0 saturated heterocycles. The van der Waals surface area contributed by atoms with E-state index < -0.39 is 5.97 Å². The zero-order valence-corrected chi connectivity index (χ0v) is 14.4. The molecule has 134 valence electrons. The van der Waals surface area contributed by atoms with Gasteiger partial charge >= 0.3 is 5.97 Å². The van der Waals surface area contributed by atoms with Crippen LogP contribution in [-0.2, 0) is 4.79 Å². The molecule has 2 heterocycles. The molecule has 3 rings (SSSR count). The Morgan fingerprint density at radius 2 is 2.16 bits per heavy atom. The average Bonchev–Trinajstić information content (AvgIpc) is 3.12. The molecule has 25 heavy (non-hydrogen) atoms. The Labute approximate surface area is 147 Å². The maximum absolute atomic E-state index is 11.2. The van der Waals surface area contributed by atoms with Gasteiger partial charge in [-0.2, -0.15) is 4.98 Å². The van der Waals surface area contributed by atoms with E-state index in [1.807, 2.05) is 6.07 Å². The molecule has 0 radical (unpaired) electrons. The lowest BCUT2D eigenvalue weighted by Crippen LogP contribution is -2.10. The SMILES string of the molecule is O=C(O)CC(CCCC1CCCCC1)c1noc(-c2cccnc2)n1. The molecular formula is C19H25N3O3. The van der Waals surface area contributed by atoms with Gasteiger partial charge in [-0.1, -0.05) is 50.1 Å². The van der Waals surface area contributed by atoms with Gasteiger partial charge in [0.05, 0.1) is 12.0 Å². The third kappa shape index (κ3) is 5.11. The van der Waals surface area contributed by atoms with Crippen molar-refractivity contribution in [1.29, 1.82) is 0 Å². The first-order valence-electron chi connectivity index (χ1n) is 9.18. The van der Waals surface area contributed by atoms with Crippen molar-refractivity contribution in [3.8, 4) is 11.5 Å². The molecule has 1 fully saturated rings. The Balaban J connectivity index is 1.62. The van der Waals surface area contributed by atoms with Gasteiger partial charge in [0.2, 0.25) is 0 Å². The zero-order valence-electron chi connectivity index (χ0n) is 14.4. The number of aliphatic carboxylic acids is 1. The topological polar surface area (TPSA) is 89.1 Å². The Bertz CT molecular complexity index is 666. The van der Waals surface area contributed by atoms with E-state index in [1.165, 1.54) is 38.5 Å². The van der Waals surface area contributed by atoms with Crippen molar-refractivity contribution >= 4 is 5.97 Å². The summed E-state index contributed by atoms with van der Waals surface area (Å²) in [5.74, 6) is 0.664. The summed E-state index contributed by atoms with van der Waals surface area (Å²) in [6.07, 6.45) is 13.0. The van der Waals surface area contributed by atoms with E-state index >= 15 is 0 Å².